The number of hydrogen-bond donors (Lipinski definition) is 0. The minimum absolute atomic E-state index is 0.00233. The number of carbonyl (C=O) groups excluding carboxylic acids is 10. The zero-order valence-corrected chi connectivity index (χ0v) is 77.8. The van der Waals surface area contributed by atoms with Gasteiger partial charge in [-0.25, -0.2) is 9.59 Å². The molecule has 12 aliphatic heterocycles. The average Bonchev–Trinajstić information content (AvgIpc) is 1.60. The van der Waals surface area contributed by atoms with E-state index in [0.717, 1.165) is 174 Å². The van der Waals surface area contributed by atoms with Crippen LogP contribution in [0.15, 0.2) is 0 Å². The standard InChI is InChI=1S/3C17H24O6.C16H22O6.C16H24O5.C16H24O4/c1-17-4-3-9(5-14(17)23-17)8-21-16(19)11-7-13-12(22-13)6-10(11)15(18)20-2;1-9(21-17(19)11-3-5-13-15(7-11)23-13)16(18)20-8-10-2-4-12-14(6-10)22-12;1-2-20-16(18)10-6-14-15(23-14)7-11(10)17(19)21-8-9-3-4-12-13(5-9)22-12;17-15(19-7-9-1-3-11-13(5-9)21-11)8-20-16(18)10-2-4-12-14(6-10)22-12;17-16(11-2-4-13-15(8-11)21-13)19-6-5-18-9-10-1-3-12-14(7-10)20-12;1-8-3-12-14(19-12)5-10(8)7-18-16(17)11-6-15-13(20-15)4-9(11)2/h9-14H,3-8H2,1-2H3;2*9-15H,2-8H2,1H3;9-14H,1-8H2;10-15H,1-9H2;8-15H,3-7H2,1-2H3. The summed E-state index contributed by atoms with van der Waals surface area (Å²) in [5, 5.41) is 0. The van der Waals surface area contributed by atoms with E-state index in [4.69, 9.17) is 109 Å². The second kappa shape index (κ2) is 41.7. The number of hydrogen-bond acceptors (Lipinski definition) is 33. The Morgan fingerprint density at radius 1 is 0.311 bits per heavy atom. The molecule has 41 atom stereocenters. The minimum atomic E-state index is -0.839. The Balaban J connectivity index is 0.000000102. The highest BCUT2D eigenvalue weighted by molar-refractivity contribution is 5.84. The van der Waals surface area contributed by atoms with Crippen LogP contribution < -0.4 is 0 Å². The summed E-state index contributed by atoms with van der Waals surface area (Å²) in [6, 6.07) is 0. The van der Waals surface area contributed by atoms with Crippen molar-refractivity contribution in [3.05, 3.63) is 0 Å². The number of rotatable bonds is 28. The zero-order chi connectivity index (χ0) is 91.3. The molecular weight excluding hydrogens is 1720 g/mol. The average molecular weight is 1860 g/mol. The fourth-order valence-corrected chi connectivity index (χ4v) is 24.0. The van der Waals surface area contributed by atoms with Gasteiger partial charge in [-0.05, 0) is 274 Å². The SMILES string of the molecule is CC(OC(=O)C1CCC2OC2C1)C(=O)OCC1CCC2OC2C1.CC1CC2OC2CC1COC(=O)C1CC2OC2CC1C.CCOC(=O)C1CC2OC2CC1C(=O)OCC1CCC2OC2C1.COC(=O)C1CC2OC2CC1C(=O)OCC1CCC2(C)OC2C1.O=C(COC(=O)C1CCC2OC2C1)OCC1CCC2OC2C1.O=C(OCCOCC1CCC2OC2C1)C1CCC2OC2C1. The molecule has 0 N–H and O–H groups in total. The van der Waals surface area contributed by atoms with Gasteiger partial charge in [0, 0.05) is 6.61 Å². The maximum absolute atomic E-state index is 12.5. The molecule has 0 aromatic carbocycles. The second-order valence-electron chi connectivity index (χ2n) is 43.2. The van der Waals surface area contributed by atoms with Crippen LogP contribution >= 0.6 is 0 Å². The van der Waals surface area contributed by atoms with Crippen LogP contribution in [0.1, 0.15) is 240 Å². The number of ether oxygens (including phenoxy) is 23. The number of fused-ring (bicyclic) bond motifs is 12. The van der Waals surface area contributed by atoms with Crippen molar-refractivity contribution in [1.82, 2.24) is 0 Å². The van der Waals surface area contributed by atoms with Crippen molar-refractivity contribution in [1.29, 1.82) is 0 Å². The first-order valence-corrected chi connectivity index (χ1v) is 50.9. The highest BCUT2D eigenvalue weighted by atomic mass is 16.7. The maximum atomic E-state index is 12.5. The normalized spacial score (nSPS) is 45.0. The van der Waals surface area contributed by atoms with Crippen LogP contribution in [-0.2, 0) is 157 Å². The first-order chi connectivity index (χ1) is 63.8. The van der Waals surface area contributed by atoms with Gasteiger partial charge in [-0.1, -0.05) is 13.8 Å². The lowest BCUT2D eigenvalue weighted by Gasteiger charge is -2.28. The van der Waals surface area contributed by atoms with E-state index in [1.54, 1.807) is 13.8 Å². The summed E-state index contributed by atoms with van der Waals surface area (Å²) >= 11 is 0. The highest BCUT2D eigenvalue weighted by Crippen LogP contribution is 2.53. The number of carbonyl (C=O) groups is 10. The fraction of sp³-hybridized carbons (Fsp3) is 0.899. The van der Waals surface area contributed by atoms with Gasteiger partial charge in [0.15, 0.2) is 12.7 Å². The molecule has 12 heterocycles. The summed E-state index contributed by atoms with van der Waals surface area (Å²) in [5.74, 6) is -1.05. The number of esters is 10. The Bertz CT molecular complexity index is 4070. The molecule has 12 saturated carbocycles. The van der Waals surface area contributed by atoms with Gasteiger partial charge >= 0.3 is 59.7 Å². The monoisotopic (exact) mass is 1860 g/mol. The van der Waals surface area contributed by atoms with Crippen molar-refractivity contribution in [2.75, 3.05) is 73.2 Å². The molecule has 132 heavy (non-hydrogen) atoms. The van der Waals surface area contributed by atoms with Gasteiger partial charge in [0.2, 0.25) is 0 Å². The number of methoxy groups -OCH3 is 1. The lowest BCUT2D eigenvalue weighted by molar-refractivity contribution is -0.170. The summed E-state index contributed by atoms with van der Waals surface area (Å²) in [5.41, 5.74) is 0.0815. The van der Waals surface area contributed by atoms with Gasteiger partial charge in [0.05, 0.1) is 247 Å². The molecule has 33 heteroatoms. The third-order valence-electron chi connectivity index (χ3n) is 33.6. The van der Waals surface area contributed by atoms with E-state index >= 15 is 0 Å². The predicted molar refractivity (Wildman–Crippen MR) is 455 cm³/mol. The van der Waals surface area contributed by atoms with E-state index in [1.807, 2.05) is 0 Å². The molecular formula is C99H142O33. The van der Waals surface area contributed by atoms with Crippen LogP contribution in [0.5, 0.6) is 0 Å². The van der Waals surface area contributed by atoms with Crippen LogP contribution in [0, 0.1) is 94.7 Å². The van der Waals surface area contributed by atoms with Crippen molar-refractivity contribution >= 4 is 59.7 Å². The Labute approximate surface area is 773 Å². The van der Waals surface area contributed by atoms with Crippen molar-refractivity contribution in [3.8, 4) is 0 Å². The van der Waals surface area contributed by atoms with Crippen molar-refractivity contribution < 1.29 is 157 Å². The lowest BCUT2D eigenvalue weighted by atomic mass is 9.79. The first-order valence-electron chi connectivity index (χ1n) is 50.9. The van der Waals surface area contributed by atoms with Crippen molar-refractivity contribution in [2.45, 2.75) is 392 Å². The van der Waals surface area contributed by atoms with Gasteiger partial charge in [0.25, 0.3) is 0 Å². The van der Waals surface area contributed by atoms with Gasteiger partial charge in [-0.15, -0.1) is 0 Å². The summed E-state index contributed by atoms with van der Waals surface area (Å²) in [7, 11) is 1.36. The van der Waals surface area contributed by atoms with E-state index < -0.39 is 41.7 Å². The molecule has 736 valence electrons. The molecule has 12 aliphatic carbocycles. The lowest BCUT2D eigenvalue weighted by Crippen LogP contribution is -2.38. The van der Waals surface area contributed by atoms with Gasteiger partial charge in [-0.3, -0.25) is 38.4 Å². The summed E-state index contributed by atoms with van der Waals surface area (Å²) in [6.45, 7) is 13.9. The van der Waals surface area contributed by atoms with E-state index in [1.165, 1.54) is 20.0 Å². The fourth-order valence-electron chi connectivity index (χ4n) is 24.0. The number of epoxide rings is 12. The first kappa shape index (κ1) is 95.1. The molecule has 0 amide bonds. The van der Waals surface area contributed by atoms with Crippen LogP contribution in [0.25, 0.3) is 0 Å². The third-order valence-corrected chi connectivity index (χ3v) is 33.6. The third kappa shape index (κ3) is 25.2. The van der Waals surface area contributed by atoms with E-state index in [9.17, 15) is 47.9 Å². The Kier molecular flexibility index (Phi) is 30.0. The quantitative estimate of drug-likeness (QED) is 0.0304. The minimum Gasteiger partial charge on any atom is -0.469 e. The van der Waals surface area contributed by atoms with E-state index in [-0.39, 0.29) is 120 Å². The molecule has 24 fully saturated rings. The molecule has 12 saturated heterocycles. The summed E-state index contributed by atoms with van der Waals surface area (Å²) in [4.78, 5) is 121. The second-order valence-corrected chi connectivity index (χ2v) is 43.2. The molecule has 0 aromatic heterocycles. The van der Waals surface area contributed by atoms with Crippen LogP contribution in [0.2, 0.25) is 0 Å². The van der Waals surface area contributed by atoms with Crippen LogP contribution in [0.3, 0.4) is 0 Å². The van der Waals surface area contributed by atoms with Crippen LogP contribution in [0.4, 0.5) is 0 Å². The Morgan fingerprint density at radius 3 is 1.12 bits per heavy atom. The highest BCUT2D eigenvalue weighted by Gasteiger charge is 2.60. The molecule has 41 unspecified atom stereocenters. The Hall–Kier alpha value is -5.82. The topological polar surface area (TPSA) is 423 Å². The Morgan fingerprint density at radius 2 is 0.667 bits per heavy atom. The van der Waals surface area contributed by atoms with Crippen LogP contribution in [-0.4, -0.2) is 285 Å². The van der Waals surface area contributed by atoms with E-state index in [2.05, 4.69) is 20.8 Å². The molecule has 0 aromatic rings. The summed E-state index contributed by atoms with van der Waals surface area (Å²) in [6.07, 6.45) is 36.9. The maximum Gasteiger partial charge on any atom is 0.347 e. The van der Waals surface area contributed by atoms with Gasteiger partial charge in [-0.2, -0.15) is 0 Å². The van der Waals surface area contributed by atoms with Crippen molar-refractivity contribution in [3.63, 3.8) is 0 Å². The molecule has 24 rings (SSSR count). The molecule has 33 nitrogen and oxygen atoms in total. The van der Waals surface area contributed by atoms with Gasteiger partial charge < -0.3 is 109 Å². The molecule has 0 bridgehead atoms. The zero-order valence-electron chi connectivity index (χ0n) is 77.8. The van der Waals surface area contributed by atoms with Gasteiger partial charge in [0.1, 0.15) is 6.61 Å². The van der Waals surface area contributed by atoms with E-state index in [0.29, 0.717) is 230 Å². The van der Waals surface area contributed by atoms with Crippen molar-refractivity contribution in [2.24, 2.45) is 94.7 Å². The summed E-state index contributed by atoms with van der Waals surface area (Å²) < 4.78 is 125. The molecule has 24 aliphatic rings. The molecule has 0 spiro atoms. The largest absolute Gasteiger partial charge is 0.469 e. The smallest absolute Gasteiger partial charge is 0.347 e. The molecule has 0 radical (unpaired) electrons. The predicted octanol–water partition coefficient (Wildman–Crippen LogP) is 9.55.